The average molecular weight is 434 g/mol. The van der Waals surface area contributed by atoms with Crippen LogP contribution in [0.1, 0.15) is 33.6 Å². The van der Waals surface area contributed by atoms with Crippen LogP contribution in [0.5, 0.6) is 5.75 Å². The van der Waals surface area contributed by atoms with E-state index >= 15 is 0 Å². The van der Waals surface area contributed by atoms with Crippen LogP contribution in [0.3, 0.4) is 0 Å². The van der Waals surface area contributed by atoms with Gasteiger partial charge in [0.2, 0.25) is 0 Å². The predicted octanol–water partition coefficient (Wildman–Crippen LogP) is 4.45. The van der Waals surface area contributed by atoms with Crippen molar-refractivity contribution >= 4 is 24.5 Å². The molecule has 0 fully saturated rings. The highest BCUT2D eigenvalue weighted by atomic mass is 31.2. The molecule has 2 rings (SSSR count). The summed E-state index contributed by atoms with van der Waals surface area (Å²) in [6.45, 7) is 5.89. The second kappa shape index (κ2) is 10.9. The number of hydrogen-bond donors (Lipinski definition) is 1. The van der Waals surface area contributed by atoms with Crippen LogP contribution in [0.15, 0.2) is 54.6 Å². The molecule has 0 heterocycles. The molecule has 0 saturated carbocycles. The molecule has 2 unspecified atom stereocenters. The Morgan fingerprint density at radius 2 is 1.70 bits per heavy atom. The van der Waals surface area contributed by atoms with E-state index < -0.39 is 24.5 Å². The molecule has 0 bridgehead atoms. The third-order valence-corrected chi connectivity index (χ3v) is 6.88. The molecule has 162 valence electrons. The molecule has 1 N–H and O–H groups in total. The van der Waals surface area contributed by atoms with E-state index in [4.69, 9.17) is 9.26 Å². The molecule has 0 aromatic heterocycles. The number of hydrogen-bond acceptors (Lipinski definition) is 6. The Morgan fingerprint density at radius 3 is 2.23 bits per heavy atom. The number of rotatable bonds is 11. The van der Waals surface area contributed by atoms with E-state index in [1.54, 1.807) is 37.3 Å². The topological polar surface area (TPSA) is 108 Å². The lowest BCUT2D eigenvalue weighted by Crippen LogP contribution is -2.38. The van der Waals surface area contributed by atoms with E-state index in [0.29, 0.717) is 12.4 Å². The Balaban J connectivity index is 2.23. The number of carbonyl (C=O) groups is 1. The molecule has 0 radical (unpaired) electrons. The van der Waals surface area contributed by atoms with E-state index in [1.165, 1.54) is 24.3 Å². The molecule has 0 aliphatic carbocycles. The highest BCUT2D eigenvalue weighted by Crippen LogP contribution is 2.43. The van der Waals surface area contributed by atoms with Gasteiger partial charge in [-0.25, -0.2) is 5.09 Å². The minimum Gasteiger partial charge on any atom is -0.464 e. The van der Waals surface area contributed by atoms with Crippen LogP contribution in [-0.4, -0.2) is 23.5 Å². The van der Waals surface area contributed by atoms with Crippen molar-refractivity contribution in [1.29, 1.82) is 0 Å². The summed E-state index contributed by atoms with van der Waals surface area (Å²) in [5.41, 5.74) is -0.136. The number of carbonyl (C=O) groups excluding carboxylic acids is 1. The quantitative estimate of drug-likeness (QED) is 0.241. The van der Waals surface area contributed by atoms with Crippen LogP contribution in [0.4, 0.5) is 5.69 Å². The van der Waals surface area contributed by atoms with Gasteiger partial charge in [-0.15, -0.1) is 0 Å². The smallest absolute Gasteiger partial charge is 0.347 e. The lowest BCUT2D eigenvalue weighted by Gasteiger charge is -2.24. The molecule has 0 aliphatic heterocycles. The van der Waals surface area contributed by atoms with Crippen LogP contribution in [0.25, 0.3) is 0 Å². The molecule has 0 aliphatic rings. The zero-order chi connectivity index (χ0) is 22.1. The summed E-state index contributed by atoms with van der Waals surface area (Å²) in [6.07, 6.45) is 1.79. The Kier molecular flexibility index (Phi) is 8.57. The first-order chi connectivity index (χ1) is 14.3. The van der Waals surface area contributed by atoms with Crippen molar-refractivity contribution in [2.24, 2.45) is 5.92 Å². The number of nitrogens with zero attached hydrogens (tertiary/aromatic N) is 1. The van der Waals surface area contributed by atoms with Crippen molar-refractivity contribution < 1.29 is 23.5 Å². The van der Waals surface area contributed by atoms with Gasteiger partial charge >= 0.3 is 13.5 Å². The van der Waals surface area contributed by atoms with Crippen molar-refractivity contribution in [3.05, 3.63) is 64.7 Å². The SMILES string of the molecule is CCC(CC)COC(=O)C(C)NP(=O)(Oc1ccccc1)c1ccc([N+](=O)[O-])cc1. The summed E-state index contributed by atoms with van der Waals surface area (Å²) in [4.78, 5) is 22.8. The van der Waals surface area contributed by atoms with Crippen LogP contribution >= 0.6 is 7.52 Å². The minimum absolute atomic E-state index is 0.136. The third kappa shape index (κ3) is 6.40. The van der Waals surface area contributed by atoms with E-state index in [9.17, 15) is 19.5 Å². The Hall–Kier alpha value is -2.70. The lowest BCUT2D eigenvalue weighted by atomic mass is 10.1. The lowest BCUT2D eigenvalue weighted by molar-refractivity contribution is -0.384. The molecule has 8 nitrogen and oxygen atoms in total. The number of benzene rings is 2. The second-order valence-electron chi connectivity index (χ2n) is 6.89. The fourth-order valence-corrected chi connectivity index (χ4v) is 4.59. The standard InChI is InChI=1S/C21H27N2O6P/c1-4-17(5-2)15-28-21(24)16(3)22-30(27,29-19-9-7-6-8-10-19)20-13-11-18(12-14-20)23(25)26/h6-14,16-17H,4-5,15H2,1-3H3,(H,22,27). The van der Waals surface area contributed by atoms with Gasteiger partial charge in [-0.2, -0.15) is 0 Å². The molecule has 9 heteroatoms. The van der Waals surface area contributed by atoms with Crippen molar-refractivity contribution in [3.8, 4) is 5.75 Å². The zero-order valence-corrected chi connectivity index (χ0v) is 18.2. The van der Waals surface area contributed by atoms with Gasteiger partial charge in [0.05, 0.1) is 16.8 Å². The maximum absolute atomic E-state index is 13.7. The zero-order valence-electron chi connectivity index (χ0n) is 17.3. The summed E-state index contributed by atoms with van der Waals surface area (Å²) in [7, 11) is -3.79. The van der Waals surface area contributed by atoms with Crippen LogP contribution in [0.2, 0.25) is 0 Å². The monoisotopic (exact) mass is 434 g/mol. The number of non-ortho nitro benzene ring substituents is 1. The van der Waals surface area contributed by atoms with Gasteiger partial charge in [0.15, 0.2) is 0 Å². The molecule has 2 aromatic rings. The summed E-state index contributed by atoms with van der Waals surface area (Å²) < 4.78 is 24.8. The number of esters is 1. The molecule has 2 aromatic carbocycles. The molecule has 0 saturated heterocycles. The highest BCUT2D eigenvalue weighted by molar-refractivity contribution is 7.65. The fourth-order valence-electron chi connectivity index (χ4n) is 2.71. The van der Waals surface area contributed by atoms with Gasteiger partial charge in [-0.1, -0.05) is 44.9 Å². The Morgan fingerprint density at radius 1 is 1.10 bits per heavy atom. The largest absolute Gasteiger partial charge is 0.464 e. The Labute approximate surface area is 176 Å². The van der Waals surface area contributed by atoms with Crippen molar-refractivity contribution in [2.75, 3.05) is 6.61 Å². The number of nitro benzene ring substituents is 1. The second-order valence-corrected chi connectivity index (χ2v) is 8.95. The fraction of sp³-hybridized carbons (Fsp3) is 0.381. The third-order valence-electron chi connectivity index (χ3n) is 4.71. The first-order valence-corrected chi connectivity index (χ1v) is 11.5. The number of nitro groups is 1. The molecular weight excluding hydrogens is 407 g/mol. The van der Waals surface area contributed by atoms with Crippen LogP contribution < -0.4 is 14.9 Å². The molecular formula is C21H27N2O6P. The summed E-state index contributed by atoms with van der Waals surface area (Å²) in [5.74, 6) is 0.0631. The van der Waals surface area contributed by atoms with E-state index in [1.807, 2.05) is 13.8 Å². The number of nitrogens with one attached hydrogen (secondary N) is 1. The van der Waals surface area contributed by atoms with Crippen LogP contribution in [-0.2, 0) is 14.1 Å². The van der Waals surface area contributed by atoms with Crippen LogP contribution in [0, 0.1) is 16.0 Å². The van der Waals surface area contributed by atoms with Gasteiger partial charge in [-0.3, -0.25) is 19.5 Å². The Bertz CT molecular complexity index is 884. The van der Waals surface area contributed by atoms with Gasteiger partial charge in [-0.05, 0) is 37.1 Å². The van der Waals surface area contributed by atoms with E-state index in [0.717, 1.165) is 12.8 Å². The number of ether oxygens (including phenoxy) is 1. The van der Waals surface area contributed by atoms with Gasteiger partial charge in [0, 0.05) is 12.1 Å². The maximum Gasteiger partial charge on any atom is 0.347 e. The molecule has 30 heavy (non-hydrogen) atoms. The average Bonchev–Trinajstić information content (AvgIpc) is 2.75. The molecule has 2 atom stereocenters. The molecule has 0 amide bonds. The summed E-state index contributed by atoms with van der Waals surface area (Å²) in [6, 6.07) is 12.8. The van der Waals surface area contributed by atoms with Crippen molar-refractivity contribution in [2.45, 2.75) is 39.7 Å². The van der Waals surface area contributed by atoms with Crippen molar-refractivity contribution in [1.82, 2.24) is 5.09 Å². The summed E-state index contributed by atoms with van der Waals surface area (Å²) >= 11 is 0. The number of para-hydroxylation sites is 1. The van der Waals surface area contributed by atoms with Gasteiger partial charge in [0.25, 0.3) is 5.69 Å². The van der Waals surface area contributed by atoms with Gasteiger partial charge < -0.3 is 9.26 Å². The normalized spacial score (nSPS) is 14.0. The molecule has 0 spiro atoms. The van der Waals surface area contributed by atoms with E-state index in [-0.39, 0.29) is 16.9 Å². The first kappa shape index (κ1) is 23.6. The first-order valence-electron chi connectivity index (χ1n) is 9.83. The van der Waals surface area contributed by atoms with E-state index in [2.05, 4.69) is 5.09 Å². The van der Waals surface area contributed by atoms with Crippen molar-refractivity contribution in [3.63, 3.8) is 0 Å². The minimum atomic E-state index is -3.79. The summed E-state index contributed by atoms with van der Waals surface area (Å²) in [5, 5.41) is 13.9. The highest BCUT2D eigenvalue weighted by Gasteiger charge is 2.33. The maximum atomic E-state index is 13.7. The van der Waals surface area contributed by atoms with Gasteiger partial charge in [0.1, 0.15) is 11.8 Å². The predicted molar refractivity (Wildman–Crippen MR) is 115 cm³/mol.